The van der Waals surface area contributed by atoms with Crippen LogP contribution in [0.3, 0.4) is 0 Å². The van der Waals surface area contributed by atoms with Crippen molar-refractivity contribution in [1.82, 2.24) is 0 Å². The molecule has 110 heavy (non-hydrogen) atoms. The third kappa shape index (κ3) is 16.6. The second kappa shape index (κ2) is 30.0. The number of benzene rings is 10. The number of fused-ring (bicyclic) bond motifs is 4. The van der Waals surface area contributed by atoms with Gasteiger partial charge >= 0.3 is 0 Å². The fourth-order valence-corrected chi connectivity index (χ4v) is 17.6. The number of nitrogens with zero attached hydrogens (tertiary/aromatic N) is 4. The van der Waals surface area contributed by atoms with Gasteiger partial charge in [-0.3, -0.25) is 0 Å². The van der Waals surface area contributed by atoms with Crippen molar-refractivity contribution < 1.29 is 0 Å². The molecule has 10 aromatic carbocycles. The van der Waals surface area contributed by atoms with Crippen LogP contribution in [0.5, 0.6) is 0 Å². The van der Waals surface area contributed by atoms with E-state index in [0.717, 1.165) is 39.1 Å². The third-order valence-electron chi connectivity index (χ3n) is 24.5. The van der Waals surface area contributed by atoms with E-state index in [1.54, 1.807) is 0 Å². The molecular weight excluding hydrogens is 1350 g/mol. The van der Waals surface area contributed by atoms with Crippen molar-refractivity contribution in [2.24, 2.45) is 0 Å². The Bertz CT molecular complexity index is 4480. The fourth-order valence-electron chi connectivity index (χ4n) is 17.3. The van der Waals surface area contributed by atoms with E-state index in [4.69, 9.17) is 11.6 Å². The Morgan fingerprint density at radius 2 is 0.509 bits per heavy atom. The Kier molecular flexibility index (Phi) is 21.8. The highest BCUT2D eigenvalue weighted by molar-refractivity contribution is 7.00. The first-order valence-electron chi connectivity index (χ1n) is 41.7. The quantitative estimate of drug-likeness (QED) is 0.127. The summed E-state index contributed by atoms with van der Waals surface area (Å²) in [6, 6.07) is 80.2. The lowest BCUT2D eigenvalue weighted by molar-refractivity contribution is 0.444. The zero-order valence-electron chi connectivity index (χ0n) is 71.6. The first-order chi connectivity index (χ1) is 51.5. The highest BCUT2D eigenvalue weighted by atomic mass is 35.5. The van der Waals surface area contributed by atoms with E-state index >= 15 is 0 Å². The second-order valence-electron chi connectivity index (χ2n) is 41.1. The summed E-state index contributed by atoms with van der Waals surface area (Å²) in [5.41, 5.74) is 32.4. The van der Waals surface area contributed by atoms with E-state index in [9.17, 15) is 0 Å². The number of anilines is 12. The molecule has 4 aliphatic rings. The van der Waals surface area contributed by atoms with Gasteiger partial charge in [0.05, 0.1) is 16.4 Å². The van der Waals surface area contributed by atoms with Gasteiger partial charge in [0, 0.05) is 56.9 Å². The molecule has 10 aromatic rings. The number of halogens is 1. The highest BCUT2D eigenvalue weighted by Gasteiger charge is 2.45. The van der Waals surface area contributed by atoms with Gasteiger partial charge in [0.25, 0.3) is 6.71 Å². The van der Waals surface area contributed by atoms with Crippen LogP contribution in [0.4, 0.5) is 68.2 Å². The smallest absolute Gasteiger partial charge is 0.252 e. The molecule has 574 valence electrons. The van der Waals surface area contributed by atoms with Crippen LogP contribution in [0.1, 0.15) is 298 Å². The molecule has 0 aromatic heterocycles. The van der Waals surface area contributed by atoms with Crippen LogP contribution in [0.2, 0.25) is 5.02 Å². The fraction of sp³-hybridized carbons (Fsp3) is 0.423. The van der Waals surface area contributed by atoms with Crippen LogP contribution >= 0.6 is 11.6 Å². The normalized spacial score (nSPS) is 15.4. The SMILES string of the molecule is CC(C)(C)c1ccc(N(c2ccc(C(C)(C)C)cc2)c2cc(C3CCCCC3)cc(N(c3ccc(C(C)(C)C)cc3)c3ccc(C(C)(C)C)cc3)c2Cl)cc1.CC(C)(C)c1ccc(N2c3ccc(C(C)(C)C)cc3B3c4cc(C(C)(C)C)ccc4N(c4ccc(C(C)(C)C)cc4)c4cc(C5CCCCC5)cc2c43)cc1. The molecule has 0 amide bonds. The molecule has 2 aliphatic heterocycles. The first kappa shape index (κ1) is 79.8. The summed E-state index contributed by atoms with van der Waals surface area (Å²) in [7, 11) is 0. The Morgan fingerprint density at radius 3 is 0.764 bits per heavy atom. The highest BCUT2D eigenvalue weighted by Crippen LogP contribution is 2.53. The van der Waals surface area contributed by atoms with Gasteiger partial charge < -0.3 is 19.6 Å². The molecule has 0 N–H and O–H groups in total. The van der Waals surface area contributed by atoms with Gasteiger partial charge in [-0.15, -0.1) is 0 Å². The van der Waals surface area contributed by atoms with Gasteiger partial charge in [-0.05, 0) is 262 Å². The van der Waals surface area contributed by atoms with Gasteiger partial charge in [-0.25, -0.2) is 0 Å². The minimum Gasteiger partial charge on any atom is -0.311 e. The summed E-state index contributed by atoms with van der Waals surface area (Å²) in [6.45, 7) is 55.4. The maximum absolute atomic E-state index is 7.94. The van der Waals surface area contributed by atoms with E-state index in [1.807, 2.05) is 0 Å². The van der Waals surface area contributed by atoms with Crippen molar-refractivity contribution in [3.63, 3.8) is 0 Å². The molecule has 14 rings (SSSR count). The molecule has 2 heterocycles. The molecule has 0 saturated heterocycles. The first-order valence-corrected chi connectivity index (χ1v) is 42.0. The Labute approximate surface area is 670 Å². The minimum atomic E-state index is 0.0216. The molecule has 2 saturated carbocycles. The van der Waals surface area contributed by atoms with Gasteiger partial charge in [0.1, 0.15) is 0 Å². The summed E-state index contributed by atoms with van der Waals surface area (Å²) in [4.78, 5) is 10.0. The summed E-state index contributed by atoms with van der Waals surface area (Å²) >= 11 is 7.94. The zero-order valence-corrected chi connectivity index (χ0v) is 72.4. The van der Waals surface area contributed by atoms with Crippen molar-refractivity contribution in [3.05, 3.63) is 267 Å². The zero-order chi connectivity index (χ0) is 79.2. The minimum absolute atomic E-state index is 0.0216. The van der Waals surface area contributed by atoms with Crippen molar-refractivity contribution in [3.8, 4) is 0 Å². The van der Waals surface area contributed by atoms with E-state index < -0.39 is 0 Å². The summed E-state index contributed by atoms with van der Waals surface area (Å²) in [6.07, 6.45) is 12.7. The molecule has 0 atom stereocenters. The molecule has 0 spiro atoms. The standard InChI is InChI=1S/C52H63BN2.C52H65ClN2/c1-49(2,3)36-18-24-40(25-19-36)54-44-28-22-38(51(7,8)9)32-42(44)53-43-33-39(52(10,11)12)23-29-45(43)55(41-26-20-37(21-27-41)50(4,5)6)47-31-35(30-46(54)48(47)53)34-16-14-13-15-17-34;1-49(2,3)38-18-26-42(27-19-38)54(43-28-20-39(21-29-43)50(4,5)6)46-34-37(36-16-14-13-15-17-36)35-47(48(46)53)55(44-30-22-40(23-31-44)51(7,8)9)45-32-24-41(25-33-45)52(10,11)12/h18-34H,13-17H2,1-12H3;18-36H,13-17H2,1-12H3. The Balaban J connectivity index is 0.000000193. The van der Waals surface area contributed by atoms with Crippen LogP contribution in [0.25, 0.3) is 0 Å². The monoisotopic (exact) mass is 1480 g/mol. The van der Waals surface area contributed by atoms with Crippen molar-refractivity contribution >= 4 is 103 Å². The molecule has 0 radical (unpaired) electrons. The number of rotatable bonds is 10. The van der Waals surface area contributed by atoms with E-state index in [-0.39, 0.29) is 50.0 Å². The maximum atomic E-state index is 7.94. The van der Waals surface area contributed by atoms with Crippen molar-refractivity contribution in [2.45, 2.75) is 286 Å². The summed E-state index contributed by atoms with van der Waals surface area (Å²) in [5.74, 6) is 1.04. The molecule has 6 heteroatoms. The van der Waals surface area contributed by atoms with Crippen LogP contribution in [-0.2, 0) is 43.3 Å². The average molecular weight is 1480 g/mol. The molecule has 2 aliphatic carbocycles. The number of hydrogen-bond acceptors (Lipinski definition) is 4. The van der Waals surface area contributed by atoms with Crippen molar-refractivity contribution in [1.29, 1.82) is 0 Å². The third-order valence-corrected chi connectivity index (χ3v) is 24.8. The lowest BCUT2D eigenvalue weighted by Crippen LogP contribution is -2.61. The van der Waals surface area contributed by atoms with Crippen LogP contribution < -0.4 is 36.0 Å². The summed E-state index contributed by atoms with van der Waals surface area (Å²) in [5, 5.41) is 0.735. The van der Waals surface area contributed by atoms with Crippen molar-refractivity contribution in [2.75, 3.05) is 19.6 Å². The average Bonchev–Trinajstić information content (AvgIpc) is 0.693. The second-order valence-corrected chi connectivity index (χ2v) is 41.5. The van der Waals surface area contributed by atoms with Gasteiger partial charge in [-0.2, -0.15) is 0 Å². The predicted octanol–water partition coefficient (Wildman–Crippen LogP) is 29.5. The Hall–Kier alpha value is -8.25. The number of hydrogen-bond donors (Lipinski definition) is 0. The van der Waals surface area contributed by atoms with Gasteiger partial charge in [0.2, 0.25) is 0 Å². The van der Waals surface area contributed by atoms with E-state index in [1.165, 1.54) is 170 Å². The lowest BCUT2D eigenvalue weighted by Gasteiger charge is -2.45. The van der Waals surface area contributed by atoms with Crippen LogP contribution in [0, 0.1) is 0 Å². The molecular formula is C104H128BClN4. The van der Waals surface area contributed by atoms with Gasteiger partial charge in [0.15, 0.2) is 0 Å². The maximum Gasteiger partial charge on any atom is 0.252 e. The largest absolute Gasteiger partial charge is 0.311 e. The molecule has 0 bridgehead atoms. The molecule has 0 unspecified atom stereocenters. The molecule has 4 nitrogen and oxygen atoms in total. The van der Waals surface area contributed by atoms with Gasteiger partial charge in [-0.1, -0.05) is 313 Å². The van der Waals surface area contributed by atoms with Crippen LogP contribution in [0.15, 0.2) is 206 Å². The van der Waals surface area contributed by atoms with E-state index in [2.05, 4.69) is 392 Å². The van der Waals surface area contributed by atoms with E-state index in [0.29, 0.717) is 11.8 Å². The topological polar surface area (TPSA) is 13.0 Å². The summed E-state index contributed by atoms with van der Waals surface area (Å²) < 4.78 is 0. The lowest BCUT2D eigenvalue weighted by atomic mass is 9.33. The predicted molar refractivity (Wildman–Crippen MR) is 483 cm³/mol. The van der Waals surface area contributed by atoms with Crippen LogP contribution in [-0.4, -0.2) is 6.71 Å². The Morgan fingerprint density at radius 1 is 0.273 bits per heavy atom. The molecule has 2 fully saturated rings.